The normalized spacial score (nSPS) is 10.5. The molecule has 0 atom stereocenters. The quantitative estimate of drug-likeness (QED) is 0.600. The number of carbonyl (C=O) groups is 1. The van der Waals surface area contributed by atoms with Crippen LogP contribution in [0.4, 0.5) is 0 Å². The smallest absolute Gasteiger partial charge is 0.311 e. The summed E-state index contributed by atoms with van der Waals surface area (Å²) in [5.41, 5.74) is 2.27. The minimum atomic E-state index is -0.178. The number of esters is 1. The molecule has 0 amide bonds. The maximum Gasteiger partial charge on any atom is 0.311 e. The Morgan fingerprint density at radius 3 is 2.11 bits per heavy atom. The Morgan fingerprint density at radius 2 is 1.53 bits per heavy atom. The molecule has 2 rings (SSSR count). The second-order valence-corrected chi connectivity index (χ2v) is 4.96. The number of benzene rings is 2. The predicted octanol–water partition coefficient (Wildman–Crippen LogP) is 4.31. The molecule has 0 aromatic heterocycles. The van der Waals surface area contributed by atoms with Gasteiger partial charge in [0.05, 0.1) is 0 Å². The van der Waals surface area contributed by atoms with Crippen LogP contribution in [0, 0.1) is 5.92 Å². The summed E-state index contributed by atoms with van der Waals surface area (Å²) in [6.07, 6.45) is 0.445. The van der Waals surface area contributed by atoms with Crippen LogP contribution in [0.25, 0.3) is 11.1 Å². The van der Waals surface area contributed by atoms with Gasteiger partial charge in [-0.05, 0) is 29.2 Å². The monoisotopic (exact) mass is 254 g/mol. The van der Waals surface area contributed by atoms with Crippen molar-refractivity contribution in [2.24, 2.45) is 5.92 Å². The molecule has 0 aliphatic rings. The first-order valence-corrected chi connectivity index (χ1v) is 6.51. The molecule has 0 aliphatic heterocycles. The van der Waals surface area contributed by atoms with Gasteiger partial charge >= 0.3 is 5.97 Å². The van der Waals surface area contributed by atoms with Crippen LogP contribution in [0.15, 0.2) is 54.6 Å². The summed E-state index contributed by atoms with van der Waals surface area (Å²) in [7, 11) is 0. The zero-order valence-electron chi connectivity index (χ0n) is 11.3. The molecule has 2 aromatic rings. The number of carbonyl (C=O) groups excluding carboxylic acids is 1. The Kier molecular flexibility index (Phi) is 4.35. The van der Waals surface area contributed by atoms with Gasteiger partial charge in [-0.2, -0.15) is 0 Å². The van der Waals surface area contributed by atoms with Crippen molar-refractivity contribution >= 4 is 5.97 Å². The van der Waals surface area contributed by atoms with Crippen molar-refractivity contribution in [3.8, 4) is 16.9 Å². The lowest BCUT2D eigenvalue weighted by Crippen LogP contribution is -2.10. The second-order valence-electron chi connectivity index (χ2n) is 4.96. The van der Waals surface area contributed by atoms with E-state index >= 15 is 0 Å². The largest absolute Gasteiger partial charge is 0.427 e. The molecule has 0 radical (unpaired) electrons. The molecule has 2 nitrogen and oxygen atoms in total. The van der Waals surface area contributed by atoms with Crippen LogP contribution >= 0.6 is 0 Å². The summed E-state index contributed by atoms with van der Waals surface area (Å²) < 4.78 is 5.28. The van der Waals surface area contributed by atoms with E-state index in [1.54, 1.807) is 0 Å². The third-order valence-electron chi connectivity index (χ3n) is 2.77. The number of hydrogen-bond acceptors (Lipinski definition) is 2. The molecular formula is C17H18O2. The van der Waals surface area contributed by atoms with Gasteiger partial charge in [0.25, 0.3) is 0 Å². The minimum absolute atomic E-state index is 0.178. The molecule has 0 saturated heterocycles. The molecule has 0 N–H and O–H groups in total. The Labute approximate surface area is 114 Å². The van der Waals surface area contributed by atoms with Gasteiger partial charge in [-0.25, -0.2) is 0 Å². The van der Waals surface area contributed by atoms with Gasteiger partial charge in [0.1, 0.15) is 5.75 Å². The molecule has 0 heterocycles. The zero-order valence-corrected chi connectivity index (χ0v) is 11.3. The van der Waals surface area contributed by atoms with Crippen molar-refractivity contribution in [1.82, 2.24) is 0 Å². The van der Waals surface area contributed by atoms with Crippen LogP contribution in [-0.2, 0) is 4.79 Å². The average molecular weight is 254 g/mol. The zero-order chi connectivity index (χ0) is 13.7. The van der Waals surface area contributed by atoms with Gasteiger partial charge < -0.3 is 4.74 Å². The molecule has 0 bridgehead atoms. The standard InChI is InChI=1S/C17H18O2/c1-13(2)12-17(18)19-16-10-8-15(9-11-16)14-6-4-3-5-7-14/h3-11,13H,12H2,1-2H3. The van der Waals surface area contributed by atoms with Crippen molar-refractivity contribution in [2.45, 2.75) is 20.3 Å². The van der Waals surface area contributed by atoms with Gasteiger partial charge in [0.15, 0.2) is 0 Å². The Balaban J connectivity index is 2.05. The number of rotatable bonds is 4. The van der Waals surface area contributed by atoms with Gasteiger partial charge in [0, 0.05) is 6.42 Å². The lowest BCUT2D eigenvalue weighted by atomic mass is 10.1. The molecule has 98 valence electrons. The van der Waals surface area contributed by atoms with E-state index in [4.69, 9.17) is 4.74 Å². The van der Waals surface area contributed by atoms with E-state index in [1.165, 1.54) is 0 Å². The van der Waals surface area contributed by atoms with Gasteiger partial charge in [-0.3, -0.25) is 4.79 Å². The van der Waals surface area contributed by atoms with E-state index in [2.05, 4.69) is 12.1 Å². The molecule has 0 aliphatic carbocycles. The van der Waals surface area contributed by atoms with Crippen LogP contribution in [0.3, 0.4) is 0 Å². The molecule has 2 aromatic carbocycles. The van der Waals surface area contributed by atoms with E-state index in [-0.39, 0.29) is 5.97 Å². The average Bonchev–Trinajstić information content (AvgIpc) is 2.39. The van der Waals surface area contributed by atoms with E-state index in [1.807, 2.05) is 56.3 Å². The molecule has 0 unspecified atom stereocenters. The Hall–Kier alpha value is -2.09. The van der Waals surface area contributed by atoms with E-state index in [0.717, 1.165) is 11.1 Å². The highest BCUT2D eigenvalue weighted by Gasteiger charge is 2.07. The maximum atomic E-state index is 11.6. The first kappa shape index (κ1) is 13.3. The van der Waals surface area contributed by atoms with E-state index < -0.39 is 0 Å². The third-order valence-corrected chi connectivity index (χ3v) is 2.77. The molecule has 0 fully saturated rings. The van der Waals surface area contributed by atoms with Crippen LogP contribution in [0.5, 0.6) is 5.75 Å². The minimum Gasteiger partial charge on any atom is -0.427 e. The topological polar surface area (TPSA) is 26.3 Å². The lowest BCUT2D eigenvalue weighted by molar-refractivity contribution is -0.135. The predicted molar refractivity (Wildman–Crippen MR) is 77.0 cm³/mol. The fourth-order valence-corrected chi connectivity index (χ4v) is 1.85. The Morgan fingerprint density at radius 1 is 0.947 bits per heavy atom. The SMILES string of the molecule is CC(C)CC(=O)Oc1ccc(-c2ccccc2)cc1. The van der Waals surface area contributed by atoms with E-state index in [0.29, 0.717) is 18.1 Å². The third kappa shape index (κ3) is 3.95. The summed E-state index contributed by atoms with van der Waals surface area (Å²) in [4.78, 5) is 11.6. The summed E-state index contributed by atoms with van der Waals surface area (Å²) in [6, 6.07) is 17.7. The summed E-state index contributed by atoms with van der Waals surface area (Å²) >= 11 is 0. The van der Waals surface area contributed by atoms with Gasteiger partial charge in [-0.15, -0.1) is 0 Å². The number of hydrogen-bond donors (Lipinski definition) is 0. The fourth-order valence-electron chi connectivity index (χ4n) is 1.85. The van der Waals surface area contributed by atoms with Crippen LogP contribution in [0.1, 0.15) is 20.3 Å². The van der Waals surface area contributed by atoms with Gasteiger partial charge in [-0.1, -0.05) is 56.3 Å². The van der Waals surface area contributed by atoms with Crippen molar-refractivity contribution in [3.05, 3.63) is 54.6 Å². The molecular weight excluding hydrogens is 236 g/mol. The van der Waals surface area contributed by atoms with Crippen LogP contribution < -0.4 is 4.74 Å². The van der Waals surface area contributed by atoms with Crippen molar-refractivity contribution < 1.29 is 9.53 Å². The lowest BCUT2D eigenvalue weighted by Gasteiger charge is -2.07. The fraction of sp³-hybridized carbons (Fsp3) is 0.235. The molecule has 0 spiro atoms. The van der Waals surface area contributed by atoms with Gasteiger partial charge in [0.2, 0.25) is 0 Å². The summed E-state index contributed by atoms with van der Waals surface area (Å²) in [5.74, 6) is 0.740. The molecule has 0 saturated carbocycles. The summed E-state index contributed by atoms with van der Waals surface area (Å²) in [6.45, 7) is 4.00. The van der Waals surface area contributed by atoms with Crippen LogP contribution in [-0.4, -0.2) is 5.97 Å². The maximum absolute atomic E-state index is 11.6. The highest BCUT2D eigenvalue weighted by Crippen LogP contribution is 2.22. The molecule has 19 heavy (non-hydrogen) atoms. The van der Waals surface area contributed by atoms with Crippen molar-refractivity contribution in [3.63, 3.8) is 0 Å². The highest BCUT2D eigenvalue weighted by atomic mass is 16.5. The first-order chi connectivity index (χ1) is 9.15. The van der Waals surface area contributed by atoms with Crippen LogP contribution in [0.2, 0.25) is 0 Å². The van der Waals surface area contributed by atoms with E-state index in [9.17, 15) is 4.79 Å². The summed E-state index contributed by atoms with van der Waals surface area (Å²) in [5, 5.41) is 0. The Bertz CT molecular complexity index is 527. The van der Waals surface area contributed by atoms with Crippen molar-refractivity contribution in [2.75, 3.05) is 0 Å². The van der Waals surface area contributed by atoms with Crippen molar-refractivity contribution in [1.29, 1.82) is 0 Å². The first-order valence-electron chi connectivity index (χ1n) is 6.51. The second kappa shape index (κ2) is 6.19. The highest BCUT2D eigenvalue weighted by molar-refractivity contribution is 5.73. The number of ether oxygens (including phenoxy) is 1. The molecule has 2 heteroatoms.